The van der Waals surface area contributed by atoms with E-state index in [0.717, 1.165) is 19.5 Å². The Balaban J connectivity index is 1.83. The van der Waals surface area contributed by atoms with E-state index in [2.05, 4.69) is 17.0 Å². The second kappa shape index (κ2) is 6.73. The van der Waals surface area contributed by atoms with E-state index in [1.165, 1.54) is 6.07 Å². The molecule has 1 atom stereocenters. The SMILES string of the molecule is CCN(C(=O)c1ccc(-c2cnn(C)c2)c(F)c1)[C@@H]1CCN(C)C1. The average molecular weight is 330 g/mol. The van der Waals surface area contributed by atoms with Crippen LogP contribution in [0.1, 0.15) is 23.7 Å². The first-order valence-corrected chi connectivity index (χ1v) is 8.27. The number of aromatic nitrogens is 2. The third-order valence-electron chi connectivity index (χ3n) is 4.64. The molecule has 0 aliphatic carbocycles. The highest BCUT2D eigenvalue weighted by Gasteiger charge is 2.29. The standard InChI is InChI=1S/C18H23FN4O/c1-4-23(15-7-8-21(2)12-15)18(24)13-5-6-16(17(19)9-13)14-10-20-22(3)11-14/h5-6,9-11,15H,4,7-8,12H2,1-3H3/t15-/m1/s1. The number of hydrogen-bond acceptors (Lipinski definition) is 3. The molecule has 0 N–H and O–H groups in total. The normalized spacial score (nSPS) is 18.1. The predicted molar refractivity (Wildman–Crippen MR) is 91.2 cm³/mol. The minimum absolute atomic E-state index is 0.102. The fourth-order valence-corrected chi connectivity index (χ4v) is 3.34. The van der Waals surface area contributed by atoms with Crippen LogP contribution >= 0.6 is 0 Å². The Hall–Kier alpha value is -2.21. The van der Waals surface area contributed by atoms with Gasteiger partial charge in [-0.25, -0.2) is 4.39 Å². The molecule has 3 rings (SSSR count). The van der Waals surface area contributed by atoms with Crippen LogP contribution in [0.25, 0.3) is 11.1 Å². The van der Waals surface area contributed by atoms with Crippen molar-refractivity contribution in [1.29, 1.82) is 0 Å². The van der Waals surface area contributed by atoms with Crippen LogP contribution in [0, 0.1) is 5.82 Å². The summed E-state index contributed by atoms with van der Waals surface area (Å²) in [6.07, 6.45) is 4.34. The summed E-state index contributed by atoms with van der Waals surface area (Å²) in [4.78, 5) is 16.9. The smallest absolute Gasteiger partial charge is 0.254 e. The molecule has 1 aliphatic rings. The van der Waals surface area contributed by atoms with Gasteiger partial charge in [-0.05, 0) is 39.1 Å². The van der Waals surface area contributed by atoms with E-state index >= 15 is 0 Å². The quantitative estimate of drug-likeness (QED) is 0.864. The van der Waals surface area contributed by atoms with Gasteiger partial charge in [0.2, 0.25) is 0 Å². The van der Waals surface area contributed by atoms with Gasteiger partial charge in [-0.15, -0.1) is 0 Å². The van der Waals surface area contributed by atoms with Gasteiger partial charge in [0.05, 0.1) is 6.20 Å². The van der Waals surface area contributed by atoms with Gasteiger partial charge in [-0.2, -0.15) is 5.10 Å². The maximum atomic E-state index is 14.5. The molecule has 0 saturated carbocycles. The van der Waals surface area contributed by atoms with E-state index in [1.54, 1.807) is 36.3 Å². The van der Waals surface area contributed by atoms with Crippen LogP contribution in [0.2, 0.25) is 0 Å². The van der Waals surface area contributed by atoms with Gasteiger partial charge in [0.25, 0.3) is 5.91 Å². The molecule has 128 valence electrons. The third kappa shape index (κ3) is 3.19. The van der Waals surface area contributed by atoms with E-state index in [-0.39, 0.29) is 11.9 Å². The van der Waals surface area contributed by atoms with E-state index in [9.17, 15) is 9.18 Å². The number of hydrogen-bond donors (Lipinski definition) is 0. The zero-order chi connectivity index (χ0) is 17.3. The average Bonchev–Trinajstić information content (AvgIpc) is 3.16. The number of aryl methyl sites for hydroxylation is 1. The van der Waals surface area contributed by atoms with Crippen LogP contribution in [-0.4, -0.2) is 58.2 Å². The number of carbonyl (C=O) groups is 1. The molecule has 1 amide bonds. The zero-order valence-corrected chi connectivity index (χ0v) is 14.4. The van der Waals surface area contributed by atoms with Crippen LogP contribution < -0.4 is 0 Å². The molecule has 0 radical (unpaired) electrons. The lowest BCUT2D eigenvalue weighted by atomic mass is 10.0. The number of amides is 1. The van der Waals surface area contributed by atoms with Crippen molar-refractivity contribution < 1.29 is 9.18 Å². The van der Waals surface area contributed by atoms with E-state index < -0.39 is 5.82 Å². The van der Waals surface area contributed by atoms with Crippen molar-refractivity contribution in [2.75, 3.05) is 26.7 Å². The lowest BCUT2D eigenvalue weighted by molar-refractivity contribution is 0.0696. The number of benzene rings is 1. The molecule has 1 saturated heterocycles. The molecule has 1 fully saturated rings. The van der Waals surface area contributed by atoms with Gasteiger partial charge in [0, 0.05) is 49.1 Å². The zero-order valence-electron chi connectivity index (χ0n) is 14.4. The Morgan fingerprint density at radius 3 is 2.75 bits per heavy atom. The molecular formula is C18H23FN4O. The molecule has 1 aliphatic heterocycles. The third-order valence-corrected chi connectivity index (χ3v) is 4.64. The molecular weight excluding hydrogens is 307 g/mol. The number of carbonyl (C=O) groups excluding carboxylic acids is 1. The Morgan fingerprint density at radius 1 is 1.42 bits per heavy atom. The summed E-state index contributed by atoms with van der Waals surface area (Å²) in [5, 5.41) is 4.06. The Morgan fingerprint density at radius 2 is 2.21 bits per heavy atom. The van der Waals surface area contributed by atoms with Gasteiger partial charge in [-0.3, -0.25) is 9.48 Å². The number of likely N-dealkylation sites (tertiary alicyclic amines) is 1. The Kier molecular flexibility index (Phi) is 4.66. The molecule has 24 heavy (non-hydrogen) atoms. The number of rotatable bonds is 4. The topological polar surface area (TPSA) is 41.4 Å². The van der Waals surface area contributed by atoms with Crippen LogP contribution in [0.15, 0.2) is 30.6 Å². The molecule has 5 nitrogen and oxygen atoms in total. The second-order valence-electron chi connectivity index (χ2n) is 6.39. The Labute approximate surface area is 141 Å². The number of nitrogens with zero attached hydrogens (tertiary/aromatic N) is 4. The fourth-order valence-electron chi connectivity index (χ4n) is 3.34. The Bertz CT molecular complexity index is 742. The molecule has 1 aromatic carbocycles. The highest BCUT2D eigenvalue weighted by Crippen LogP contribution is 2.24. The molecule has 2 heterocycles. The van der Waals surface area contributed by atoms with Crippen LogP contribution in [0.4, 0.5) is 4.39 Å². The number of likely N-dealkylation sites (N-methyl/N-ethyl adjacent to an activating group) is 2. The molecule has 2 aromatic rings. The fraction of sp³-hybridized carbons (Fsp3) is 0.444. The highest BCUT2D eigenvalue weighted by atomic mass is 19.1. The number of halogens is 1. The second-order valence-corrected chi connectivity index (χ2v) is 6.39. The summed E-state index contributed by atoms with van der Waals surface area (Å²) in [6.45, 7) is 4.46. The summed E-state index contributed by atoms with van der Waals surface area (Å²) < 4.78 is 16.1. The van der Waals surface area contributed by atoms with Gasteiger partial charge in [-0.1, -0.05) is 6.07 Å². The van der Waals surface area contributed by atoms with Crippen LogP contribution in [0.5, 0.6) is 0 Å². The molecule has 0 spiro atoms. The minimum atomic E-state index is -0.395. The predicted octanol–water partition coefficient (Wildman–Crippen LogP) is 2.39. The largest absolute Gasteiger partial charge is 0.335 e. The van der Waals surface area contributed by atoms with Crippen molar-refractivity contribution in [2.24, 2.45) is 7.05 Å². The first kappa shape index (κ1) is 16.6. The van der Waals surface area contributed by atoms with Gasteiger partial charge < -0.3 is 9.80 Å². The summed E-state index contributed by atoms with van der Waals surface area (Å²) >= 11 is 0. The van der Waals surface area contributed by atoms with E-state index in [0.29, 0.717) is 23.2 Å². The molecule has 6 heteroatoms. The lowest BCUT2D eigenvalue weighted by Gasteiger charge is -2.28. The maximum Gasteiger partial charge on any atom is 0.254 e. The monoisotopic (exact) mass is 330 g/mol. The minimum Gasteiger partial charge on any atom is -0.335 e. The maximum absolute atomic E-state index is 14.5. The summed E-state index contributed by atoms with van der Waals surface area (Å²) in [6, 6.07) is 4.91. The lowest BCUT2D eigenvalue weighted by Crippen LogP contribution is -2.41. The summed E-state index contributed by atoms with van der Waals surface area (Å²) in [7, 11) is 3.84. The molecule has 0 unspecified atom stereocenters. The van der Waals surface area contributed by atoms with Gasteiger partial charge >= 0.3 is 0 Å². The van der Waals surface area contributed by atoms with Crippen LogP contribution in [0.3, 0.4) is 0 Å². The van der Waals surface area contributed by atoms with Crippen molar-refractivity contribution in [1.82, 2.24) is 19.6 Å². The summed E-state index contributed by atoms with van der Waals surface area (Å²) in [5.41, 5.74) is 1.57. The van der Waals surface area contributed by atoms with E-state index in [1.807, 2.05) is 11.8 Å². The van der Waals surface area contributed by atoms with E-state index in [4.69, 9.17) is 0 Å². The van der Waals surface area contributed by atoms with Crippen LogP contribution in [-0.2, 0) is 7.05 Å². The van der Waals surface area contributed by atoms with Gasteiger partial charge in [0.1, 0.15) is 5.82 Å². The van der Waals surface area contributed by atoms with Crippen molar-refractivity contribution in [3.05, 3.63) is 42.0 Å². The van der Waals surface area contributed by atoms with Crippen molar-refractivity contribution in [2.45, 2.75) is 19.4 Å². The van der Waals surface area contributed by atoms with Crippen molar-refractivity contribution in [3.63, 3.8) is 0 Å². The summed E-state index contributed by atoms with van der Waals surface area (Å²) in [5.74, 6) is -0.497. The molecule has 0 bridgehead atoms. The first-order valence-electron chi connectivity index (χ1n) is 8.27. The highest BCUT2D eigenvalue weighted by molar-refractivity contribution is 5.95. The first-order chi connectivity index (χ1) is 11.5. The molecule has 1 aromatic heterocycles. The van der Waals surface area contributed by atoms with Crippen molar-refractivity contribution >= 4 is 5.91 Å². The van der Waals surface area contributed by atoms with Gasteiger partial charge in [0.15, 0.2) is 0 Å². The van der Waals surface area contributed by atoms with Crippen molar-refractivity contribution in [3.8, 4) is 11.1 Å².